The van der Waals surface area contributed by atoms with E-state index in [1.165, 1.54) is 32.1 Å². The van der Waals surface area contributed by atoms with Gasteiger partial charge in [0, 0.05) is 7.34 Å². The van der Waals surface area contributed by atoms with Gasteiger partial charge in [0.1, 0.15) is 6.17 Å². The van der Waals surface area contributed by atoms with E-state index in [9.17, 15) is 4.39 Å². The fourth-order valence-corrected chi connectivity index (χ4v) is 4.02. The Balaban J connectivity index is 0. The van der Waals surface area contributed by atoms with E-state index in [1.54, 1.807) is 0 Å². The highest BCUT2D eigenvalue weighted by Crippen LogP contribution is 2.34. The van der Waals surface area contributed by atoms with Crippen LogP contribution in [0.3, 0.4) is 0 Å². The van der Waals surface area contributed by atoms with Crippen molar-refractivity contribution in [2.75, 3.05) is 13.2 Å². The lowest BCUT2D eigenvalue weighted by Crippen LogP contribution is -2.29. The van der Waals surface area contributed by atoms with Gasteiger partial charge in [0.15, 0.2) is 6.29 Å². The second-order valence-electron chi connectivity index (χ2n) is 9.63. The highest BCUT2D eigenvalue weighted by molar-refractivity contribution is 4.79. The van der Waals surface area contributed by atoms with Gasteiger partial charge in [-0.3, -0.25) is 0 Å². The molecule has 0 spiro atoms. The van der Waals surface area contributed by atoms with Crippen molar-refractivity contribution in [1.82, 2.24) is 0 Å². The van der Waals surface area contributed by atoms with Crippen LogP contribution in [0.15, 0.2) is 0 Å². The van der Waals surface area contributed by atoms with Crippen LogP contribution in [0.4, 0.5) is 4.39 Å². The molecule has 4 unspecified atom stereocenters. The third kappa shape index (κ3) is 11.4. The Bertz CT molecular complexity index is 304. The Labute approximate surface area is 169 Å². The fourth-order valence-electron chi connectivity index (χ4n) is 4.02. The van der Waals surface area contributed by atoms with E-state index in [2.05, 4.69) is 34.6 Å². The van der Waals surface area contributed by atoms with Crippen LogP contribution in [0, 0.1) is 35.5 Å². The van der Waals surface area contributed by atoms with E-state index in [4.69, 9.17) is 9.47 Å². The van der Waals surface area contributed by atoms with E-state index in [0.29, 0.717) is 17.8 Å². The van der Waals surface area contributed by atoms with Gasteiger partial charge in [-0.1, -0.05) is 67.2 Å². The number of rotatable bonds is 0. The highest BCUT2D eigenvalue weighted by Gasteiger charge is 2.30. The third-order valence-electron chi connectivity index (χ3n) is 6.41. The summed E-state index contributed by atoms with van der Waals surface area (Å²) in [4.78, 5) is 0. The van der Waals surface area contributed by atoms with Gasteiger partial charge in [-0.05, 0) is 49.4 Å². The Morgan fingerprint density at radius 1 is 0.667 bits per heavy atom. The average molecular weight is 393 g/mol. The second kappa shape index (κ2) is 13.9. The van der Waals surface area contributed by atoms with Crippen molar-refractivity contribution in [3.8, 4) is 0 Å². The smallest absolute Gasteiger partial charge is 0.154 e. The second-order valence-corrected chi connectivity index (χ2v) is 9.63. The molecule has 0 aromatic rings. The molecule has 0 aromatic carbocycles. The van der Waals surface area contributed by atoms with Crippen LogP contribution in [-0.2, 0) is 9.47 Å². The molecule has 3 fully saturated rings. The third-order valence-corrected chi connectivity index (χ3v) is 6.41. The zero-order chi connectivity index (χ0) is 19.7. The summed E-state index contributed by atoms with van der Waals surface area (Å²) in [7, 11) is 0. The first kappa shape index (κ1) is 26.8. The van der Waals surface area contributed by atoms with Gasteiger partial charge in [0.2, 0.25) is 0 Å². The van der Waals surface area contributed by atoms with Crippen LogP contribution in [0.1, 0.15) is 88.4 Å². The van der Waals surface area contributed by atoms with Gasteiger partial charge in [-0.2, -0.15) is 0 Å². The molecule has 27 heavy (non-hydrogen) atoms. The summed E-state index contributed by atoms with van der Waals surface area (Å²) in [6.07, 6.45) is 7.36. The van der Waals surface area contributed by atoms with Crippen molar-refractivity contribution in [3.63, 3.8) is 0 Å². The van der Waals surface area contributed by atoms with Crippen molar-refractivity contribution < 1.29 is 20.8 Å². The van der Waals surface area contributed by atoms with Gasteiger partial charge >= 0.3 is 0 Å². The highest BCUT2D eigenvalue weighted by atomic mass is 19.1. The summed E-state index contributed by atoms with van der Waals surface area (Å²) >= 11 is 0. The molecule has 2 N–H and O–H groups in total. The maximum atomic E-state index is 13.1. The molecule has 166 valence electrons. The lowest BCUT2D eigenvalue weighted by atomic mass is 9.75. The molecule has 3 aliphatic rings. The lowest BCUT2D eigenvalue weighted by molar-refractivity contribution is -0.187. The standard InChI is InChI=1S/C9H17F.C8H16.C6H12O2.H2O.H2/c1-6-4-7(2)8(3)9(10)5-6;1-7-3-5-8(2)6-4-7;1-5-3-7-6(2)8-4-5;;/h6-9H,4-5H2,1-3H3;7-8H,3-6H2,1-2H3;5-6H,3-4H2,1-2H3;1H2;1H. The van der Waals surface area contributed by atoms with Gasteiger partial charge in [-0.15, -0.1) is 0 Å². The van der Waals surface area contributed by atoms with Crippen molar-refractivity contribution in [1.29, 1.82) is 0 Å². The van der Waals surface area contributed by atoms with Gasteiger partial charge < -0.3 is 14.9 Å². The molecule has 3 rings (SSSR count). The first-order valence-electron chi connectivity index (χ1n) is 11.1. The molecule has 3 nitrogen and oxygen atoms in total. The van der Waals surface area contributed by atoms with Gasteiger partial charge in [0.25, 0.3) is 0 Å². The maximum Gasteiger partial charge on any atom is 0.154 e. The summed E-state index contributed by atoms with van der Waals surface area (Å²) in [5.74, 6) is 4.08. The van der Waals surface area contributed by atoms with Crippen molar-refractivity contribution in [3.05, 3.63) is 0 Å². The first-order chi connectivity index (χ1) is 12.2. The predicted molar refractivity (Wildman–Crippen MR) is 115 cm³/mol. The normalized spacial score (nSPS) is 41.8. The predicted octanol–water partition coefficient (Wildman–Crippen LogP) is 6.30. The number of hydrogen-bond donors (Lipinski definition) is 0. The van der Waals surface area contributed by atoms with Crippen LogP contribution < -0.4 is 0 Å². The van der Waals surface area contributed by atoms with E-state index < -0.39 is 6.17 Å². The van der Waals surface area contributed by atoms with E-state index in [-0.39, 0.29) is 19.1 Å². The summed E-state index contributed by atoms with van der Waals surface area (Å²) in [5, 5.41) is 0. The van der Waals surface area contributed by atoms with E-state index in [0.717, 1.165) is 31.5 Å². The molecule has 0 radical (unpaired) electrons. The van der Waals surface area contributed by atoms with E-state index in [1.807, 2.05) is 13.8 Å². The van der Waals surface area contributed by atoms with Crippen LogP contribution in [0.25, 0.3) is 0 Å². The number of ether oxygens (including phenoxy) is 2. The molecule has 2 saturated carbocycles. The van der Waals surface area contributed by atoms with Crippen LogP contribution in [0.2, 0.25) is 0 Å². The SMILES string of the molecule is CC1CC(C)C(C)C(F)C1.CC1CCC(C)CC1.CC1COC(C)OC1.O.[HH]. The summed E-state index contributed by atoms with van der Waals surface area (Å²) in [6, 6.07) is 0. The number of hydrogen-bond acceptors (Lipinski definition) is 2. The van der Waals surface area contributed by atoms with Gasteiger partial charge in [0.05, 0.1) is 13.2 Å². The lowest BCUT2D eigenvalue weighted by Gasteiger charge is -2.32. The number of alkyl halides is 1. The molecule has 4 atom stereocenters. The molecule has 0 bridgehead atoms. The van der Waals surface area contributed by atoms with Crippen LogP contribution in [0.5, 0.6) is 0 Å². The molecule has 0 aromatic heterocycles. The molecule has 1 heterocycles. The van der Waals surface area contributed by atoms with Crippen LogP contribution in [-0.4, -0.2) is 31.2 Å². The summed E-state index contributed by atoms with van der Waals surface area (Å²) in [5.41, 5.74) is 0. The quantitative estimate of drug-likeness (QED) is 0.486. The minimum absolute atomic E-state index is 0. The van der Waals surface area contributed by atoms with Crippen molar-refractivity contribution in [2.24, 2.45) is 35.5 Å². The van der Waals surface area contributed by atoms with Gasteiger partial charge in [-0.25, -0.2) is 4.39 Å². The van der Waals surface area contributed by atoms with Crippen LogP contribution >= 0.6 is 0 Å². The summed E-state index contributed by atoms with van der Waals surface area (Å²) < 4.78 is 23.4. The Kier molecular flexibility index (Phi) is 13.8. The van der Waals surface area contributed by atoms with E-state index >= 15 is 0 Å². The zero-order valence-electron chi connectivity index (χ0n) is 19.0. The molecule has 1 aliphatic heterocycles. The molecule has 1 saturated heterocycles. The molecule has 2 aliphatic carbocycles. The van der Waals surface area contributed by atoms with Crippen molar-refractivity contribution in [2.45, 2.75) is 99.5 Å². The minimum atomic E-state index is -0.543. The fraction of sp³-hybridized carbons (Fsp3) is 1.00. The average Bonchev–Trinajstić information content (AvgIpc) is 2.59. The largest absolute Gasteiger partial charge is 0.412 e. The monoisotopic (exact) mass is 392 g/mol. The first-order valence-corrected chi connectivity index (χ1v) is 11.1. The topological polar surface area (TPSA) is 50.0 Å². The Morgan fingerprint density at radius 3 is 1.48 bits per heavy atom. The minimum Gasteiger partial charge on any atom is -0.412 e. The Morgan fingerprint density at radius 2 is 1.11 bits per heavy atom. The molecule has 0 amide bonds. The number of halogens is 1. The molecular weight excluding hydrogens is 343 g/mol. The molecular formula is C23H49FO3. The molecule has 4 heteroatoms. The Hall–Kier alpha value is -0.190. The maximum absolute atomic E-state index is 13.1. The van der Waals surface area contributed by atoms with Crippen molar-refractivity contribution >= 4 is 0 Å². The zero-order valence-corrected chi connectivity index (χ0v) is 19.0. The summed E-state index contributed by atoms with van der Waals surface area (Å²) in [6.45, 7) is 16.8.